The van der Waals surface area contributed by atoms with Gasteiger partial charge in [0.05, 0.1) is 5.69 Å². The van der Waals surface area contributed by atoms with E-state index in [1.54, 1.807) is 0 Å². The number of hydrogen-bond acceptors (Lipinski definition) is 1. The average molecular weight is 238 g/mol. The van der Waals surface area contributed by atoms with Crippen LogP contribution in [0.1, 0.15) is 44.9 Å². The first-order valence-electron chi connectivity index (χ1n) is 7.30. The highest BCUT2D eigenvalue weighted by Crippen LogP contribution is 2.36. The molecular weight excluding hydrogens is 218 g/mol. The summed E-state index contributed by atoms with van der Waals surface area (Å²) in [5.74, 6) is -0.447. The van der Waals surface area contributed by atoms with Gasteiger partial charge >= 0.3 is 0 Å². The summed E-state index contributed by atoms with van der Waals surface area (Å²) in [7, 11) is 0. The lowest BCUT2D eigenvalue weighted by molar-refractivity contribution is 0.443. The molecule has 0 saturated heterocycles. The van der Waals surface area contributed by atoms with Crippen molar-refractivity contribution >= 4 is 0 Å². The fourth-order valence-electron chi connectivity index (χ4n) is 2.76. The van der Waals surface area contributed by atoms with Gasteiger partial charge in [-0.05, 0) is 30.4 Å². The number of rotatable bonds is 2. The lowest BCUT2D eigenvalue weighted by atomic mass is 9.82. The number of aromatic nitrogens is 1. The molecule has 0 radical (unpaired) electrons. The van der Waals surface area contributed by atoms with Gasteiger partial charge in [0.15, 0.2) is 0 Å². The molecule has 0 spiro atoms. The zero-order valence-electron chi connectivity index (χ0n) is 11.6. The zero-order valence-corrected chi connectivity index (χ0v) is 10.6. The van der Waals surface area contributed by atoms with Crippen LogP contribution in [-0.4, -0.2) is 4.98 Å². The number of hydrogen-bond donors (Lipinski definition) is 0. The Labute approximate surface area is 110 Å². The molecule has 0 unspecified atom stereocenters. The Morgan fingerprint density at radius 2 is 1.72 bits per heavy atom. The van der Waals surface area contributed by atoms with Crippen molar-refractivity contribution in [3.05, 3.63) is 54.2 Å². The zero-order chi connectivity index (χ0) is 13.1. The second kappa shape index (κ2) is 5.34. The molecule has 1 fully saturated rings. The Morgan fingerprint density at radius 3 is 2.50 bits per heavy atom. The fourth-order valence-corrected chi connectivity index (χ4v) is 2.76. The quantitative estimate of drug-likeness (QED) is 0.732. The van der Waals surface area contributed by atoms with E-state index < -0.39 is 5.89 Å². The predicted molar refractivity (Wildman–Crippen MR) is 75.5 cm³/mol. The summed E-state index contributed by atoms with van der Waals surface area (Å²) in [5.41, 5.74) is 3.20. The summed E-state index contributed by atoms with van der Waals surface area (Å²) in [6.07, 6.45) is 7.33. The maximum absolute atomic E-state index is 8.81. The topological polar surface area (TPSA) is 12.9 Å². The molecule has 0 bridgehead atoms. The van der Waals surface area contributed by atoms with Crippen molar-refractivity contribution < 1.29 is 1.37 Å². The molecule has 0 N–H and O–H groups in total. The normalized spacial score (nSPS) is 19.2. The molecule has 1 saturated carbocycles. The third kappa shape index (κ3) is 2.31. The molecule has 0 amide bonds. The monoisotopic (exact) mass is 238 g/mol. The van der Waals surface area contributed by atoms with E-state index in [1.807, 2.05) is 30.5 Å². The lowest BCUT2D eigenvalue weighted by Crippen LogP contribution is -2.06. The van der Waals surface area contributed by atoms with Crippen molar-refractivity contribution in [2.45, 2.75) is 38.0 Å². The fraction of sp³-hybridized carbons (Fsp3) is 0.353. The molecule has 1 nitrogen and oxygen atoms in total. The molecule has 1 heterocycles. The van der Waals surface area contributed by atoms with Gasteiger partial charge in [-0.25, -0.2) is 0 Å². The van der Waals surface area contributed by atoms with E-state index in [4.69, 9.17) is 1.37 Å². The van der Waals surface area contributed by atoms with Crippen LogP contribution in [0.3, 0.4) is 0 Å². The molecule has 3 rings (SSSR count). The third-order valence-electron chi connectivity index (χ3n) is 3.69. The van der Waals surface area contributed by atoms with Crippen LogP contribution >= 0.6 is 0 Å². The molecule has 1 aliphatic carbocycles. The van der Waals surface area contributed by atoms with Crippen LogP contribution in [0.25, 0.3) is 11.3 Å². The predicted octanol–water partition coefficient (Wildman–Crippen LogP) is 4.80. The van der Waals surface area contributed by atoms with E-state index in [-0.39, 0.29) is 0 Å². The Hall–Kier alpha value is -1.63. The molecule has 1 heteroatoms. The van der Waals surface area contributed by atoms with Crippen LogP contribution in [0.15, 0.2) is 48.7 Å². The minimum atomic E-state index is -0.447. The van der Waals surface area contributed by atoms with Gasteiger partial charge in [0, 0.05) is 13.1 Å². The van der Waals surface area contributed by atoms with Crippen LogP contribution in [0.2, 0.25) is 0 Å². The van der Waals surface area contributed by atoms with Gasteiger partial charge in [0.1, 0.15) is 0 Å². The van der Waals surface area contributed by atoms with Crippen molar-refractivity contribution in [1.29, 1.82) is 0 Å². The highest BCUT2D eigenvalue weighted by Gasteiger charge is 2.19. The standard InChI is InChI=1S/C17H19N/c1-3-8-14(9-4-1)16-12-7-13-18-17(16)15-10-5-2-6-11-15/h2,5-7,10-14H,1,3-4,8-9H2/i14D. The van der Waals surface area contributed by atoms with Crippen molar-refractivity contribution in [2.75, 3.05) is 0 Å². The summed E-state index contributed by atoms with van der Waals surface area (Å²) in [6.45, 7) is 0. The van der Waals surface area contributed by atoms with Gasteiger partial charge in [0.2, 0.25) is 0 Å². The van der Waals surface area contributed by atoms with Crippen molar-refractivity contribution in [1.82, 2.24) is 4.98 Å². The summed E-state index contributed by atoms with van der Waals surface area (Å²) < 4.78 is 8.81. The molecule has 18 heavy (non-hydrogen) atoms. The first-order chi connectivity index (χ1) is 9.30. The second-order valence-electron chi connectivity index (χ2n) is 4.93. The van der Waals surface area contributed by atoms with Crippen molar-refractivity contribution in [3.8, 4) is 11.3 Å². The van der Waals surface area contributed by atoms with Crippen LogP contribution < -0.4 is 0 Å². The molecule has 2 aromatic rings. The highest BCUT2D eigenvalue weighted by atomic mass is 14.7. The van der Waals surface area contributed by atoms with Crippen LogP contribution in [0.5, 0.6) is 0 Å². The number of nitrogens with zero attached hydrogens (tertiary/aromatic N) is 1. The number of benzene rings is 1. The van der Waals surface area contributed by atoms with Crippen LogP contribution in [0, 0.1) is 0 Å². The first kappa shape index (κ1) is 10.3. The Kier molecular flexibility index (Phi) is 3.06. The third-order valence-corrected chi connectivity index (χ3v) is 3.69. The largest absolute Gasteiger partial charge is 0.256 e. The van der Waals surface area contributed by atoms with Crippen LogP contribution in [0.4, 0.5) is 0 Å². The summed E-state index contributed by atoms with van der Waals surface area (Å²) in [5, 5.41) is 0. The van der Waals surface area contributed by atoms with Gasteiger partial charge in [0.25, 0.3) is 0 Å². The number of pyridine rings is 1. The summed E-state index contributed by atoms with van der Waals surface area (Å²) >= 11 is 0. The summed E-state index contributed by atoms with van der Waals surface area (Å²) in [4.78, 5) is 4.55. The average Bonchev–Trinajstić information content (AvgIpc) is 2.49. The van der Waals surface area contributed by atoms with E-state index in [1.165, 1.54) is 6.42 Å². The molecule has 1 aromatic carbocycles. The minimum absolute atomic E-state index is 0.447. The minimum Gasteiger partial charge on any atom is -0.256 e. The van der Waals surface area contributed by atoms with Crippen molar-refractivity contribution in [3.63, 3.8) is 0 Å². The highest BCUT2D eigenvalue weighted by molar-refractivity contribution is 5.63. The smallest absolute Gasteiger partial charge is 0.0736 e. The van der Waals surface area contributed by atoms with E-state index in [2.05, 4.69) is 23.2 Å². The van der Waals surface area contributed by atoms with E-state index in [0.717, 1.165) is 42.5 Å². The van der Waals surface area contributed by atoms with Gasteiger partial charge in [-0.2, -0.15) is 0 Å². The lowest BCUT2D eigenvalue weighted by Gasteiger charge is -2.23. The first-order valence-corrected chi connectivity index (χ1v) is 6.80. The van der Waals surface area contributed by atoms with Gasteiger partial charge in [-0.1, -0.05) is 55.7 Å². The summed E-state index contributed by atoms with van der Waals surface area (Å²) in [6, 6.07) is 14.3. The molecule has 0 aliphatic heterocycles. The van der Waals surface area contributed by atoms with Crippen LogP contribution in [-0.2, 0) is 0 Å². The van der Waals surface area contributed by atoms with Crippen molar-refractivity contribution in [2.24, 2.45) is 0 Å². The second-order valence-corrected chi connectivity index (χ2v) is 4.93. The molecule has 1 aromatic heterocycles. The van der Waals surface area contributed by atoms with Gasteiger partial charge < -0.3 is 0 Å². The molecule has 92 valence electrons. The molecule has 0 atom stereocenters. The maximum Gasteiger partial charge on any atom is 0.0736 e. The van der Waals surface area contributed by atoms with E-state index >= 15 is 0 Å². The van der Waals surface area contributed by atoms with Gasteiger partial charge in [-0.15, -0.1) is 0 Å². The molecule has 1 aliphatic rings. The Bertz CT molecular complexity index is 544. The maximum atomic E-state index is 8.81. The molecular formula is C17H19N. The Morgan fingerprint density at radius 1 is 0.944 bits per heavy atom. The van der Waals surface area contributed by atoms with E-state index in [9.17, 15) is 0 Å². The Balaban J connectivity index is 2.07. The van der Waals surface area contributed by atoms with E-state index in [0.29, 0.717) is 0 Å². The van der Waals surface area contributed by atoms with Gasteiger partial charge in [-0.3, -0.25) is 4.98 Å². The SMILES string of the molecule is [2H]C1(c2cccnc2-c2ccccc2)CCCCC1.